The SMILES string of the molecule is CC1C(=O)N(c2cccc3c2OCC(=O)N3)C(=O)N1C1CCC1. The molecule has 120 valence electrons. The van der Waals surface area contributed by atoms with Crippen molar-refractivity contribution >= 4 is 29.2 Å². The van der Waals surface area contributed by atoms with Gasteiger partial charge >= 0.3 is 6.03 Å². The van der Waals surface area contributed by atoms with Gasteiger partial charge in [-0.05, 0) is 38.3 Å². The van der Waals surface area contributed by atoms with E-state index in [9.17, 15) is 14.4 Å². The predicted molar refractivity (Wildman–Crippen MR) is 82.4 cm³/mol. The highest BCUT2D eigenvalue weighted by Crippen LogP contribution is 2.41. The van der Waals surface area contributed by atoms with Crippen molar-refractivity contribution in [1.82, 2.24) is 4.90 Å². The molecule has 23 heavy (non-hydrogen) atoms. The summed E-state index contributed by atoms with van der Waals surface area (Å²) in [6, 6.07) is 4.42. The number of rotatable bonds is 2. The highest BCUT2D eigenvalue weighted by Gasteiger charge is 2.48. The number of fused-ring (bicyclic) bond motifs is 1. The molecule has 7 nitrogen and oxygen atoms in total. The molecule has 1 aromatic rings. The molecule has 3 aliphatic rings. The van der Waals surface area contributed by atoms with Gasteiger partial charge in [0.05, 0.1) is 11.4 Å². The number of carbonyl (C=O) groups excluding carboxylic acids is 3. The van der Waals surface area contributed by atoms with Gasteiger partial charge in [0.2, 0.25) is 0 Å². The Balaban J connectivity index is 1.73. The first-order chi connectivity index (χ1) is 11.1. The van der Waals surface area contributed by atoms with Crippen LogP contribution in [0.15, 0.2) is 18.2 Å². The van der Waals surface area contributed by atoms with Gasteiger partial charge in [0, 0.05) is 6.04 Å². The van der Waals surface area contributed by atoms with Gasteiger partial charge in [0.1, 0.15) is 6.04 Å². The number of urea groups is 1. The van der Waals surface area contributed by atoms with Crippen LogP contribution in [0.1, 0.15) is 26.2 Å². The van der Waals surface area contributed by atoms with Gasteiger partial charge in [-0.3, -0.25) is 9.59 Å². The molecule has 4 rings (SSSR count). The number of imide groups is 1. The maximum Gasteiger partial charge on any atom is 0.332 e. The minimum Gasteiger partial charge on any atom is -0.479 e. The first-order valence-electron chi connectivity index (χ1n) is 7.80. The van der Waals surface area contributed by atoms with Gasteiger partial charge in [-0.1, -0.05) is 6.07 Å². The smallest absolute Gasteiger partial charge is 0.332 e. The highest BCUT2D eigenvalue weighted by molar-refractivity contribution is 6.22. The van der Waals surface area contributed by atoms with Crippen LogP contribution in [0.4, 0.5) is 16.2 Å². The van der Waals surface area contributed by atoms with E-state index >= 15 is 0 Å². The minimum absolute atomic E-state index is 0.123. The van der Waals surface area contributed by atoms with Gasteiger partial charge in [-0.15, -0.1) is 0 Å². The molecule has 0 radical (unpaired) electrons. The monoisotopic (exact) mass is 315 g/mol. The summed E-state index contributed by atoms with van der Waals surface area (Å²) in [5, 5.41) is 2.69. The van der Waals surface area contributed by atoms with Gasteiger partial charge in [-0.2, -0.15) is 0 Å². The second kappa shape index (κ2) is 4.97. The molecule has 0 bridgehead atoms. The number of amides is 4. The fourth-order valence-corrected chi connectivity index (χ4v) is 3.32. The summed E-state index contributed by atoms with van der Waals surface area (Å²) in [4.78, 5) is 39.7. The van der Waals surface area contributed by atoms with Crippen molar-refractivity contribution in [3.8, 4) is 5.75 Å². The standard InChI is InChI=1S/C16H17N3O4/c1-9-15(21)19(16(22)18(9)10-4-2-5-10)12-7-3-6-11-14(12)23-8-13(20)17-11/h3,6-7,9-10H,2,4-5,8H2,1H3,(H,17,20). The summed E-state index contributed by atoms with van der Waals surface area (Å²) in [5.41, 5.74) is 0.875. The van der Waals surface area contributed by atoms with Crippen LogP contribution in [0.2, 0.25) is 0 Å². The molecule has 0 spiro atoms. The Bertz CT molecular complexity index is 713. The van der Waals surface area contributed by atoms with E-state index in [1.54, 1.807) is 30.0 Å². The fourth-order valence-electron chi connectivity index (χ4n) is 3.32. The number of anilines is 2. The van der Waals surface area contributed by atoms with Crippen molar-refractivity contribution in [2.75, 3.05) is 16.8 Å². The van der Waals surface area contributed by atoms with Crippen LogP contribution in [0.5, 0.6) is 5.75 Å². The topological polar surface area (TPSA) is 79.0 Å². The number of para-hydroxylation sites is 1. The molecule has 1 unspecified atom stereocenters. The normalized spacial score (nSPS) is 24.2. The number of nitrogens with one attached hydrogen (secondary N) is 1. The summed E-state index contributed by atoms with van der Waals surface area (Å²) < 4.78 is 5.47. The number of ether oxygens (including phenoxy) is 1. The lowest BCUT2D eigenvalue weighted by molar-refractivity contribution is -0.120. The molecule has 4 amide bonds. The van der Waals surface area contributed by atoms with Crippen molar-refractivity contribution in [2.24, 2.45) is 0 Å². The van der Waals surface area contributed by atoms with Crippen LogP contribution < -0.4 is 15.0 Å². The Kier molecular flexibility index (Phi) is 3.04. The van der Waals surface area contributed by atoms with Crippen LogP contribution in [-0.2, 0) is 9.59 Å². The minimum atomic E-state index is -0.471. The second-order valence-corrected chi connectivity index (χ2v) is 6.11. The maximum absolute atomic E-state index is 12.8. The Labute approximate surface area is 133 Å². The Morgan fingerprint density at radius 3 is 2.70 bits per heavy atom. The van der Waals surface area contributed by atoms with E-state index in [1.165, 1.54) is 4.90 Å². The molecule has 1 N–H and O–H groups in total. The molecule has 2 fully saturated rings. The second-order valence-electron chi connectivity index (χ2n) is 6.11. The first kappa shape index (κ1) is 14.0. The van der Waals surface area contributed by atoms with Crippen LogP contribution in [0.25, 0.3) is 0 Å². The van der Waals surface area contributed by atoms with Crippen LogP contribution >= 0.6 is 0 Å². The molecule has 1 aromatic carbocycles. The van der Waals surface area contributed by atoms with E-state index in [-0.39, 0.29) is 30.5 Å². The number of nitrogens with zero attached hydrogens (tertiary/aromatic N) is 2. The van der Waals surface area contributed by atoms with E-state index in [0.717, 1.165) is 19.3 Å². The van der Waals surface area contributed by atoms with Gasteiger partial charge < -0.3 is 15.0 Å². The summed E-state index contributed by atoms with van der Waals surface area (Å²) in [7, 11) is 0. The molecule has 2 aliphatic heterocycles. The van der Waals surface area contributed by atoms with Crippen molar-refractivity contribution < 1.29 is 19.1 Å². The maximum atomic E-state index is 12.8. The summed E-state index contributed by atoms with van der Waals surface area (Å²) in [6.45, 7) is 1.64. The lowest BCUT2D eigenvalue weighted by atomic mass is 9.91. The fraction of sp³-hybridized carbons (Fsp3) is 0.438. The predicted octanol–water partition coefficient (Wildman–Crippen LogP) is 1.73. The number of hydrogen-bond acceptors (Lipinski definition) is 4. The molecule has 1 atom stereocenters. The van der Waals surface area contributed by atoms with Crippen molar-refractivity contribution in [2.45, 2.75) is 38.3 Å². The third kappa shape index (κ3) is 1.99. The molecule has 1 saturated heterocycles. The molecular formula is C16H17N3O4. The van der Waals surface area contributed by atoms with Crippen LogP contribution in [0.3, 0.4) is 0 Å². The van der Waals surface area contributed by atoms with Gasteiger partial charge in [-0.25, -0.2) is 9.69 Å². The molecule has 1 aliphatic carbocycles. The number of benzene rings is 1. The van der Waals surface area contributed by atoms with Gasteiger partial charge in [0.15, 0.2) is 12.4 Å². The lowest BCUT2D eigenvalue weighted by Gasteiger charge is -2.36. The summed E-state index contributed by atoms with van der Waals surface area (Å²) in [5.74, 6) is -0.134. The zero-order valence-corrected chi connectivity index (χ0v) is 12.7. The largest absolute Gasteiger partial charge is 0.479 e. The average molecular weight is 315 g/mol. The molecular weight excluding hydrogens is 298 g/mol. The summed E-state index contributed by atoms with van der Waals surface area (Å²) in [6.07, 6.45) is 2.97. The lowest BCUT2D eigenvalue weighted by Crippen LogP contribution is -2.46. The third-order valence-corrected chi connectivity index (χ3v) is 4.73. The Hall–Kier alpha value is -2.57. The average Bonchev–Trinajstić information content (AvgIpc) is 2.69. The quantitative estimate of drug-likeness (QED) is 0.843. The van der Waals surface area contributed by atoms with E-state index in [1.807, 2.05) is 0 Å². The highest BCUT2D eigenvalue weighted by atomic mass is 16.5. The molecule has 0 aromatic heterocycles. The van der Waals surface area contributed by atoms with Crippen LogP contribution in [-0.4, -0.2) is 41.4 Å². The molecule has 7 heteroatoms. The van der Waals surface area contributed by atoms with Crippen molar-refractivity contribution in [3.63, 3.8) is 0 Å². The van der Waals surface area contributed by atoms with E-state index < -0.39 is 6.04 Å². The number of carbonyl (C=O) groups is 3. The van der Waals surface area contributed by atoms with Crippen LogP contribution in [0, 0.1) is 0 Å². The first-order valence-corrected chi connectivity index (χ1v) is 7.80. The summed E-state index contributed by atoms with van der Waals surface area (Å²) >= 11 is 0. The van der Waals surface area contributed by atoms with E-state index in [4.69, 9.17) is 4.74 Å². The van der Waals surface area contributed by atoms with Crippen molar-refractivity contribution in [3.05, 3.63) is 18.2 Å². The number of hydrogen-bond donors (Lipinski definition) is 1. The van der Waals surface area contributed by atoms with Gasteiger partial charge in [0.25, 0.3) is 11.8 Å². The Morgan fingerprint density at radius 2 is 2.00 bits per heavy atom. The molecule has 2 heterocycles. The zero-order chi connectivity index (χ0) is 16.1. The van der Waals surface area contributed by atoms with E-state index in [0.29, 0.717) is 17.1 Å². The zero-order valence-electron chi connectivity index (χ0n) is 12.7. The van der Waals surface area contributed by atoms with Crippen molar-refractivity contribution in [1.29, 1.82) is 0 Å². The molecule has 1 saturated carbocycles. The Morgan fingerprint density at radius 1 is 1.22 bits per heavy atom. The third-order valence-electron chi connectivity index (χ3n) is 4.73. The van der Waals surface area contributed by atoms with E-state index in [2.05, 4.69) is 5.32 Å².